The number of nitrogens with zero attached hydrogens (tertiary/aromatic N) is 1. The fourth-order valence-electron chi connectivity index (χ4n) is 2.62. The van der Waals surface area contributed by atoms with Crippen LogP contribution >= 0.6 is 0 Å². The lowest BCUT2D eigenvalue weighted by molar-refractivity contribution is 0.0402. The third kappa shape index (κ3) is 3.55. The van der Waals surface area contributed by atoms with Crippen molar-refractivity contribution in [2.75, 3.05) is 32.8 Å². The fourth-order valence-corrected chi connectivity index (χ4v) is 2.62. The molecule has 2 N–H and O–H groups in total. The SMILES string of the molecule is CCOC(CN)CN1CCc2ccccc2CC1. The Balaban J connectivity index is 1.91. The molecule has 0 spiro atoms. The highest BCUT2D eigenvalue weighted by Crippen LogP contribution is 2.15. The van der Waals surface area contributed by atoms with E-state index in [1.165, 1.54) is 11.1 Å². The van der Waals surface area contributed by atoms with Crippen LogP contribution in [0.1, 0.15) is 18.1 Å². The van der Waals surface area contributed by atoms with E-state index in [1.54, 1.807) is 0 Å². The van der Waals surface area contributed by atoms with E-state index in [-0.39, 0.29) is 6.10 Å². The molecule has 1 heterocycles. The van der Waals surface area contributed by atoms with Gasteiger partial charge in [0.1, 0.15) is 0 Å². The molecule has 1 aromatic carbocycles. The highest BCUT2D eigenvalue weighted by Gasteiger charge is 2.16. The van der Waals surface area contributed by atoms with Crippen molar-refractivity contribution in [1.29, 1.82) is 0 Å². The molecule has 0 radical (unpaired) electrons. The van der Waals surface area contributed by atoms with E-state index < -0.39 is 0 Å². The van der Waals surface area contributed by atoms with Gasteiger partial charge in [-0.25, -0.2) is 0 Å². The zero-order chi connectivity index (χ0) is 12.8. The Labute approximate surface area is 110 Å². The summed E-state index contributed by atoms with van der Waals surface area (Å²) in [4.78, 5) is 2.48. The summed E-state index contributed by atoms with van der Waals surface area (Å²) in [5.74, 6) is 0. The Hall–Kier alpha value is -0.900. The number of hydrogen-bond donors (Lipinski definition) is 1. The van der Waals surface area contributed by atoms with Gasteiger partial charge in [0.25, 0.3) is 0 Å². The molecule has 3 heteroatoms. The first-order valence-corrected chi connectivity index (χ1v) is 6.94. The van der Waals surface area contributed by atoms with Crippen LogP contribution in [0.4, 0.5) is 0 Å². The van der Waals surface area contributed by atoms with Crippen molar-refractivity contribution in [3.8, 4) is 0 Å². The van der Waals surface area contributed by atoms with Crippen molar-refractivity contribution < 1.29 is 4.74 Å². The van der Waals surface area contributed by atoms with Crippen molar-refractivity contribution in [1.82, 2.24) is 4.90 Å². The van der Waals surface area contributed by atoms with Crippen molar-refractivity contribution >= 4 is 0 Å². The second-order valence-electron chi connectivity index (χ2n) is 4.88. The molecule has 3 nitrogen and oxygen atoms in total. The van der Waals surface area contributed by atoms with Crippen LogP contribution in [0.2, 0.25) is 0 Å². The van der Waals surface area contributed by atoms with Crippen molar-refractivity contribution in [2.24, 2.45) is 5.73 Å². The average Bonchev–Trinajstić information content (AvgIpc) is 2.61. The van der Waals surface area contributed by atoms with Gasteiger partial charge in [-0.05, 0) is 30.9 Å². The van der Waals surface area contributed by atoms with Crippen molar-refractivity contribution in [3.05, 3.63) is 35.4 Å². The zero-order valence-corrected chi connectivity index (χ0v) is 11.3. The molecular formula is C15H24N2O. The number of rotatable bonds is 5. The van der Waals surface area contributed by atoms with Crippen molar-refractivity contribution in [3.63, 3.8) is 0 Å². The van der Waals surface area contributed by atoms with Crippen LogP contribution in [-0.4, -0.2) is 43.8 Å². The van der Waals surface area contributed by atoms with Gasteiger partial charge in [-0.15, -0.1) is 0 Å². The topological polar surface area (TPSA) is 38.5 Å². The van der Waals surface area contributed by atoms with Gasteiger partial charge in [-0.1, -0.05) is 24.3 Å². The van der Waals surface area contributed by atoms with Crippen LogP contribution in [0, 0.1) is 0 Å². The third-order valence-electron chi connectivity index (χ3n) is 3.64. The largest absolute Gasteiger partial charge is 0.376 e. The Morgan fingerprint density at radius 2 is 1.83 bits per heavy atom. The summed E-state index contributed by atoms with van der Waals surface area (Å²) < 4.78 is 5.65. The fraction of sp³-hybridized carbons (Fsp3) is 0.600. The minimum absolute atomic E-state index is 0.177. The highest BCUT2D eigenvalue weighted by atomic mass is 16.5. The molecule has 2 rings (SSSR count). The first-order chi connectivity index (χ1) is 8.83. The van der Waals surface area contributed by atoms with E-state index >= 15 is 0 Å². The number of benzene rings is 1. The van der Waals surface area contributed by atoms with E-state index in [2.05, 4.69) is 29.2 Å². The molecule has 1 atom stereocenters. The molecule has 100 valence electrons. The summed E-state index contributed by atoms with van der Waals surface area (Å²) in [7, 11) is 0. The molecule has 0 bridgehead atoms. The molecule has 0 amide bonds. The van der Waals surface area contributed by atoms with E-state index in [0.29, 0.717) is 6.54 Å². The minimum Gasteiger partial charge on any atom is -0.376 e. The highest BCUT2D eigenvalue weighted by molar-refractivity contribution is 5.28. The van der Waals surface area contributed by atoms with Crippen molar-refractivity contribution in [2.45, 2.75) is 25.9 Å². The molecule has 1 aliphatic rings. The lowest BCUT2D eigenvalue weighted by Gasteiger charge is -2.25. The lowest BCUT2D eigenvalue weighted by Crippen LogP contribution is -2.39. The molecule has 0 fully saturated rings. The first kappa shape index (κ1) is 13.5. The van der Waals surface area contributed by atoms with E-state index in [1.807, 2.05) is 6.92 Å². The Bertz CT molecular complexity index is 340. The average molecular weight is 248 g/mol. The molecule has 1 unspecified atom stereocenters. The maximum atomic E-state index is 5.75. The van der Waals surface area contributed by atoms with Gasteiger partial charge >= 0.3 is 0 Å². The smallest absolute Gasteiger partial charge is 0.0823 e. The summed E-state index contributed by atoms with van der Waals surface area (Å²) in [5, 5.41) is 0. The maximum absolute atomic E-state index is 5.75. The van der Waals surface area contributed by atoms with Gasteiger partial charge in [0.05, 0.1) is 6.10 Å². The standard InChI is InChI=1S/C15H24N2O/c1-2-18-15(11-16)12-17-9-7-13-5-3-4-6-14(13)8-10-17/h3-6,15H,2,7-12,16H2,1H3. The maximum Gasteiger partial charge on any atom is 0.0823 e. The number of fused-ring (bicyclic) bond motifs is 1. The third-order valence-corrected chi connectivity index (χ3v) is 3.64. The zero-order valence-electron chi connectivity index (χ0n) is 11.3. The predicted molar refractivity (Wildman–Crippen MR) is 74.8 cm³/mol. The second-order valence-corrected chi connectivity index (χ2v) is 4.88. The van der Waals surface area contributed by atoms with Crippen LogP contribution in [0.5, 0.6) is 0 Å². The van der Waals surface area contributed by atoms with Gasteiger partial charge in [0.15, 0.2) is 0 Å². The molecule has 0 saturated heterocycles. The Morgan fingerprint density at radius 1 is 1.22 bits per heavy atom. The van der Waals surface area contributed by atoms with Crippen LogP contribution in [0.25, 0.3) is 0 Å². The van der Waals surface area contributed by atoms with Crippen LogP contribution in [-0.2, 0) is 17.6 Å². The van der Waals surface area contributed by atoms with Crippen LogP contribution < -0.4 is 5.73 Å². The quantitative estimate of drug-likeness (QED) is 0.857. The summed E-state index contributed by atoms with van der Waals surface area (Å²) >= 11 is 0. The van der Waals surface area contributed by atoms with Gasteiger partial charge in [0, 0.05) is 32.8 Å². The summed E-state index contributed by atoms with van der Waals surface area (Å²) in [6, 6.07) is 8.78. The van der Waals surface area contributed by atoms with Crippen LogP contribution in [0.3, 0.4) is 0 Å². The summed E-state index contributed by atoms with van der Waals surface area (Å²) in [6.07, 6.45) is 2.45. The predicted octanol–water partition coefficient (Wildman–Crippen LogP) is 1.45. The molecule has 0 saturated carbocycles. The minimum atomic E-state index is 0.177. The van der Waals surface area contributed by atoms with E-state index in [4.69, 9.17) is 10.5 Å². The lowest BCUT2D eigenvalue weighted by atomic mass is 10.0. The van der Waals surface area contributed by atoms with Gasteiger partial charge < -0.3 is 15.4 Å². The second kappa shape index (κ2) is 6.88. The monoisotopic (exact) mass is 248 g/mol. The molecule has 1 aliphatic heterocycles. The van der Waals surface area contributed by atoms with Gasteiger partial charge in [0.2, 0.25) is 0 Å². The van der Waals surface area contributed by atoms with Gasteiger partial charge in [-0.2, -0.15) is 0 Å². The molecule has 0 aliphatic carbocycles. The summed E-state index contributed by atoms with van der Waals surface area (Å²) in [5.41, 5.74) is 8.75. The Morgan fingerprint density at radius 3 is 2.33 bits per heavy atom. The first-order valence-electron chi connectivity index (χ1n) is 6.94. The molecular weight excluding hydrogens is 224 g/mol. The van der Waals surface area contributed by atoms with Gasteiger partial charge in [-0.3, -0.25) is 0 Å². The van der Waals surface area contributed by atoms with E-state index in [0.717, 1.165) is 39.1 Å². The number of ether oxygens (including phenoxy) is 1. The number of nitrogens with two attached hydrogens (primary N) is 1. The molecule has 18 heavy (non-hydrogen) atoms. The molecule has 1 aromatic rings. The number of hydrogen-bond acceptors (Lipinski definition) is 3. The molecule has 0 aromatic heterocycles. The van der Waals surface area contributed by atoms with Crippen LogP contribution in [0.15, 0.2) is 24.3 Å². The summed E-state index contributed by atoms with van der Waals surface area (Å²) in [6.45, 7) is 6.56. The Kier molecular flexibility index (Phi) is 5.17. The van der Waals surface area contributed by atoms with E-state index in [9.17, 15) is 0 Å². The normalized spacial score (nSPS) is 18.1.